The number of likely N-dealkylation sites (tertiary alicyclic amines) is 1. The lowest BCUT2D eigenvalue weighted by Crippen LogP contribution is -2.58. The van der Waals surface area contributed by atoms with Gasteiger partial charge in [-0.25, -0.2) is 0 Å². The van der Waals surface area contributed by atoms with Crippen LogP contribution in [0.25, 0.3) is 0 Å². The van der Waals surface area contributed by atoms with Gasteiger partial charge in [0.05, 0.1) is 0 Å². The summed E-state index contributed by atoms with van der Waals surface area (Å²) >= 11 is 0. The quantitative estimate of drug-likeness (QED) is 0.567. The maximum atomic E-state index is 11.3. The Bertz CT molecular complexity index is 218. The Labute approximate surface area is 73.2 Å². The summed E-state index contributed by atoms with van der Waals surface area (Å²) in [4.78, 5) is 13.3. The predicted molar refractivity (Wildman–Crippen MR) is 47.6 cm³/mol. The molecule has 12 heavy (non-hydrogen) atoms. The Hall–Kier alpha value is -0.790. The molecule has 1 unspecified atom stereocenters. The average Bonchev–Trinajstić information content (AvgIpc) is 2.82. The van der Waals surface area contributed by atoms with Crippen molar-refractivity contribution in [2.24, 2.45) is 11.8 Å². The highest BCUT2D eigenvalue weighted by molar-refractivity contribution is 5.88. The van der Waals surface area contributed by atoms with Gasteiger partial charge in [-0.3, -0.25) is 4.79 Å². The summed E-state index contributed by atoms with van der Waals surface area (Å²) in [5, 5.41) is 0. The second kappa shape index (κ2) is 2.61. The molecule has 0 radical (unpaired) electrons. The third-order valence-corrected chi connectivity index (χ3v) is 2.99. The zero-order valence-corrected chi connectivity index (χ0v) is 7.49. The zero-order valence-electron chi connectivity index (χ0n) is 7.49. The van der Waals surface area contributed by atoms with Crippen LogP contribution in [-0.2, 0) is 4.79 Å². The van der Waals surface area contributed by atoms with E-state index in [1.165, 1.54) is 18.9 Å². The van der Waals surface area contributed by atoms with E-state index in [9.17, 15) is 4.79 Å². The van der Waals surface area contributed by atoms with Gasteiger partial charge in [0, 0.05) is 12.6 Å². The van der Waals surface area contributed by atoms with Crippen molar-refractivity contribution in [1.82, 2.24) is 4.90 Å². The van der Waals surface area contributed by atoms with Crippen molar-refractivity contribution in [3.63, 3.8) is 0 Å². The third kappa shape index (κ3) is 1.06. The van der Waals surface area contributed by atoms with Gasteiger partial charge in [0.1, 0.15) is 0 Å². The molecule has 2 nitrogen and oxygen atoms in total. The second-order valence-corrected chi connectivity index (χ2v) is 4.00. The lowest BCUT2D eigenvalue weighted by atomic mass is 9.86. The molecular weight excluding hydrogens is 150 g/mol. The van der Waals surface area contributed by atoms with Gasteiger partial charge in [0.2, 0.25) is 5.91 Å². The van der Waals surface area contributed by atoms with Gasteiger partial charge in [0.15, 0.2) is 0 Å². The second-order valence-electron chi connectivity index (χ2n) is 4.00. The van der Waals surface area contributed by atoms with Crippen LogP contribution in [0.2, 0.25) is 0 Å². The molecule has 1 saturated heterocycles. The fourth-order valence-electron chi connectivity index (χ4n) is 2.22. The fraction of sp³-hybridized carbons (Fsp3) is 0.700. The molecule has 1 saturated carbocycles. The summed E-state index contributed by atoms with van der Waals surface area (Å²) in [5.74, 6) is 1.63. The van der Waals surface area contributed by atoms with Gasteiger partial charge in [-0.15, -0.1) is 0 Å². The topological polar surface area (TPSA) is 20.3 Å². The number of hydrogen-bond donors (Lipinski definition) is 0. The Kier molecular flexibility index (Phi) is 1.71. The highest BCUT2D eigenvalue weighted by atomic mass is 16.2. The van der Waals surface area contributed by atoms with E-state index in [4.69, 9.17) is 0 Å². The first-order valence-electron chi connectivity index (χ1n) is 4.67. The van der Waals surface area contributed by atoms with E-state index in [-0.39, 0.29) is 5.91 Å². The molecular formula is C10H15NO. The first kappa shape index (κ1) is 7.84. The molecule has 1 aliphatic heterocycles. The largest absolute Gasteiger partial charge is 0.335 e. The summed E-state index contributed by atoms with van der Waals surface area (Å²) in [6.07, 6.45) is 4.06. The standard InChI is InChI=1S/C10H15NO/c1-3-9(12)11-6-7(2)10(11)8-4-5-8/h3,7-8,10H,1,4-6H2,2H3/t7-,10?/m1/s1. The van der Waals surface area contributed by atoms with Crippen LogP contribution in [0.3, 0.4) is 0 Å². The maximum Gasteiger partial charge on any atom is 0.246 e. The molecule has 0 N–H and O–H groups in total. The smallest absolute Gasteiger partial charge is 0.246 e. The number of rotatable bonds is 2. The molecule has 1 heterocycles. The molecule has 2 heteroatoms. The van der Waals surface area contributed by atoms with Crippen molar-refractivity contribution in [2.45, 2.75) is 25.8 Å². The Balaban J connectivity index is 1.99. The van der Waals surface area contributed by atoms with Crippen molar-refractivity contribution >= 4 is 5.91 Å². The monoisotopic (exact) mass is 165 g/mol. The van der Waals surface area contributed by atoms with Gasteiger partial charge in [-0.05, 0) is 30.8 Å². The number of carbonyl (C=O) groups is 1. The van der Waals surface area contributed by atoms with Crippen molar-refractivity contribution in [2.75, 3.05) is 6.54 Å². The van der Waals surface area contributed by atoms with Crippen LogP contribution in [0.5, 0.6) is 0 Å². The van der Waals surface area contributed by atoms with E-state index >= 15 is 0 Å². The lowest BCUT2D eigenvalue weighted by molar-refractivity contribution is -0.138. The van der Waals surface area contributed by atoms with Crippen LogP contribution in [0.1, 0.15) is 19.8 Å². The van der Waals surface area contributed by atoms with E-state index in [2.05, 4.69) is 13.5 Å². The van der Waals surface area contributed by atoms with Crippen LogP contribution in [0.15, 0.2) is 12.7 Å². The minimum Gasteiger partial charge on any atom is -0.335 e. The van der Waals surface area contributed by atoms with Crippen molar-refractivity contribution < 1.29 is 4.79 Å². The SMILES string of the molecule is C=CC(=O)N1C[C@@H](C)C1C1CC1. The summed E-state index contributed by atoms with van der Waals surface area (Å²) in [6, 6.07) is 0.537. The highest BCUT2D eigenvalue weighted by Gasteiger charge is 2.46. The number of carbonyl (C=O) groups excluding carboxylic acids is 1. The molecule has 2 aliphatic rings. The fourth-order valence-corrected chi connectivity index (χ4v) is 2.22. The molecule has 1 amide bonds. The van der Waals surface area contributed by atoms with E-state index in [0.29, 0.717) is 12.0 Å². The van der Waals surface area contributed by atoms with E-state index in [1.807, 2.05) is 4.90 Å². The maximum absolute atomic E-state index is 11.3. The summed E-state index contributed by atoms with van der Waals surface area (Å²) in [5.41, 5.74) is 0. The summed E-state index contributed by atoms with van der Waals surface area (Å²) < 4.78 is 0. The van der Waals surface area contributed by atoms with Crippen LogP contribution < -0.4 is 0 Å². The van der Waals surface area contributed by atoms with E-state index in [1.54, 1.807) is 0 Å². The summed E-state index contributed by atoms with van der Waals surface area (Å²) in [6.45, 7) is 6.68. The van der Waals surface area contributed by atoms with Gasteiger partial charge in [0.25, 0.3) is 0 Å². The number of amides is 1. The first-order valence-corrected chi connectivity index (χ1v) is 4.67. The molecule has 0 aromatic carbocycles. The number of nitrogens with zero attached hydrogens (tertiary/aromatic N) is 1. The van der Waals surface area contributed by atoms with Gasteiger partial charge < -0.3 is 4.90 Å². The molecule has 0 aromatic rings. The van der Waals surface area contributed by atoms with Gasteiger partial charge in [-0.1, -0.05) is 13.5 Å². The zero-order chi connectivity index (χ0) is 8.72. The van der Waals surface area contributed by atoms with Crippen molar-refractivity contribution in [1.29, 1.82) is 0 Å². The Morgan fingerprint density at radius 1 is 1.58 bits per heavy atom. The molecule has 1 aliphatic carbocycles. The van der Waals surface area contributed by atoms with Crippen molar-refractivity contribution in [3.05, 3.63) is 12.7 Å². The molecule has 2 rings (SSSR count). The van der Waals surface area contributed by atoms with E-state index < -0.39 is 0 Å². The van der Waals surface area contributed by atoms with Crippen LogP contribution in [-0.4, -0.2) is 23.4 Å². The normalized spacial score (nSPS) is 34.2. The van der Waals surface area contributed by atoms with Crippen molar-refractivity contribution in [3.8, 4) is 0 Å². The molecule has 0 bridgehead atoms. The Morgan fingerprint density at radius 3 is 2.67 bits per heavy atom. The minimum atomic E-state index is 0.116. The summed E-state index contributed by atoms with van der Waals surface area (Å²) in [7, 11) is 0. The van der Waals surface area contributed by atoms with Crippen LogP contribution in [0, 0.1) is 11.8 Å². The third-order valence-electron chi connectivity index (χ3n) is 2.99. The number of hydrogen-bond acceptors (Lipinski definition) is 1. The molecule has 2 atom stereocenters. The van der Waals surface area contributed by atoms with E-state index in [0.717, 1.165) is 12.5 Å². The highest BCUT2D eigenvalue weighted by Crippen LogP contribution is 2.43. The Morgan fingerprint density at radius 2 is 2.25 bits per heavy atom. The van der Waals surface area contributed by atoms with Crippen LogP contribution >= 0.6 is 0 Å². The minimum absolute atomic E-state index is 0.116. The molecule has 2 fully saturated rings. The van der Waals surface area contributed by atoms with Gasteiger partial charge in [-0.2, -0.15) is 0 Å². The lowest BCUT2D eigenvalue weighted by Gasteiger charge is -2.46. The molecule has 0 aromatic heterocycles. The molecule has 66 valence electrons. The predicted octanol–water partition coefficient (Wildman–Crippen LogP) is 1.43. The van der Waals surface area contributed by atoms with Gasteiger partial charge >= 0.3 is 0 Å². The van der Waals surface area contributed by atoms with Crippen LogP contribution in [0.4, 0.5) is 0 Å². The molecule has 0 spiro atoms. The average molecular weight is 165 g/mol. The first-order chi connectivity index (χ1) is 5.74.